The molecule has 0 N–H and O–H groups in total. The van der Waals surface area contributed by atoms with Crippen LogP contribution in [0.15, 0.2) is 60.7 Å². The highest BCUT2D eigenvalue weighted by molar-refractivity contribution is 5.71. The average molecular weight is 525 g/mol. The largest absolute Gasteiger partial charge is 0.374 e. The Morgan fingerprint density at radius 3 is 1.97 bits per heavy atom. The first kappa shape index (κ1) is 28.1. The zero-order chi connectivity index (χ0) is 27.1. The van der Waals surface area contributed by atoms with Gasteiger partial charge in [0, 0.05) is 17.0 Å². The third-order valence-electron chi connectivity index (χ3n) is 7.49. The van der Waals surface area contributed by atoms with Crippen LogP contribution in [0.1, 0.15) is 75.8 Å². The molecular formula is C33H36F4O. The third-order valence-corrected chi connectivity index (χ3v) is 7.49. The Bertz CT molecular complexity index is 1240. The van der Waals surface area contributed by atoms with Gasteiger partial charge in [0.05, 0.1) is 12.7 Å². The molecule has 0 amide bonds. The van der Waals surface area contributed by atoms with Crippen LogP contribution in [-0.2, 0) is 11.2 Å². The molecule has 4 rings (SSSR count). The molecule has 0 radical (unpaired) electrons. The van der Waals surface area contributed by atoms with E-state index in [4.69, 9.17) is 4.74 Å². The van der Waals surface area contributed by atoms with Gasteiger partial charge in [0.25, 0.3) is 0 Å². The second-order valence-electron chi connectivity index (χ2n) is 10.1. The molecule has 1 nitrogen and oxygen atoms in total. The molecule has 1 saturated heterocycles. The topological polar surface area (TPSA) is 9.23 Å². The summed E-state index contributed by atoms with van der Waals surface area (Å²) < 4.78 is 65.6. The summed E-state index contributed by atoms with van der Waals surface area (Å²) in [5.41, 5.74) is 1.94. The highest BCUT2D eigenvalue weighted by atomic mass is 19.2. The maximum absolute atomic E-state index is 15.1. The standard InChI is InChI=1S/C33H36F4O/c1-3-5-6-7-8-10-24-16-18-27(31(35)30(24)34)22-11-13-23(14-12-22)28-19-20-29(33(37)32(28)36)25-15-17-26(9-4-2)38-21-25/h4,9,11-14,16,18-20,25-26H,3,5-8,10,15,17,21H2,1-2H3/b9-4+. The van der Waals surface area contributed by atoms with Crippen molar-refractivity contribution < 1.29 is 22.3 Å². The summed E-state index contributed by atoms with van der Waals surface area (Å²) in [5, 5.41) is 0. The van der Waals surface area contributed by atoms with Crippen molar-refractivity contribution in [2.24, 2.45) is 0 Å². The number of hydrogen-bond acceptors (Lipinski definition) is 1. The predicted octanol–water partition coefficient (Wildman–Crippen LogP) is 9.93. The van der Waals surface area contributed by atoms with Crippen molar-refractivity contribution in [1.82, 2.24) is 0 Å². The summed E-state index contributed by atoms with van der Waals surface area (Å²) in [6, 6.07) is 12.9. The highest BCUT2D eigenvalue weighted by Gasteiger charge is 2.26. The van der Waals surface area contributed by atoms with Gasteiger partial charge in [-0.2, -0.15) is 0 Å². The van der Waals surface area contributed by atoms with Gasteiger partial charge in [-0.15, -0.1) is 0 Å². The number of ether oxygens (including phenoxy) is 1. The van der Waals surface area contributed by atoms with Crippen LogP contribution in [0.4, 0.5) is 17.6 Å². The van der Waals surface area contributed by atoms with Crippen molar-refractivity contribution in [1.29, 1.82) is 0 Å². The Morgan fingerprint density at radius 2 is 1.37 bits per heavy atom. The molecule has 1 heterocycles. The first-order chi connectivity index (χ1) is 18.4. The van der Waals surface area contributed by atoms with Crippen molar-refractivity contribution >= 4 is 0 Å². The van der Waals surface area contributed by atoms with E-state index in [1.165, 1.54) is 0 Å². The van der Waals surface area contributed by atoms with E-state index in [-0.39, 0.29) is 23.1 Å². The van der Waals surface area contributed by atoms with Crippen molar-refractivity contribution in [3.8, 4) is 22.3 Å². The summed E-state index contributed by atoms with van der Waals surface area (Å²) in [7, 11) is 0. The fraction of sp³-hybridized carbons (Fsp3) is 0.394. The monoisotopic (exact) mass is 524 g/mol. The number of hydrogen-bond donors (Lipinski definition) is 0. The third kappa shape index (κ3) is 6.37. The minimum atomic E-state index is -0.911. The van der Waals surface area contributed by atoms with E-state index >= 15 is 8.78 Å². The molecule has 0 saturated carbocycles. The van der Waals surface area contributed by atoms with Crippen molar-refractivity contribution in [3.05, 3.63) is 95.1 Å². The zero-order valence-electron chi connectivity index (χ0n) is 22.2. The SMILES string of the molecule is C/C=C/C1CCC(c2ccc(-c3ccc(-c4ccc(CCCCCCC)c(F)c4F)cc3)c(F)c2F)CO1. The lowest BCUT2D eigenvalue weighted by Gasteiger charge is -2.28. The first-order valence-corrected chi connectivity index (χ1v) is 13.7. The van der Waals surface area contributed by atoms with Crippen LogP contribution in [0.2, 0.25) is 0 Å². The fourth-order valence-electron chi connectivity index (χ4n) is 5.24. The van der Waals surface area contributed by atoms with Crippen LogP contribution in [0.5, 0.6) is 0 Å². The molecule has 0 aromatic heterocycles. The van der Waals surface area contributed by atoms with Crippen LogP contribution >= 0.6 is 0 Å². The van der Waals surface area contributed by atoms with Crippen LogP contribution in [0, 0.1) is 23.3 Å². The Morgan fingerprint density at radius 1 is 0.737 bits per heavy atom. The van der Waals surface area contributed by atoms with E-state index in [1.54, 1.807) is 48.5 Å². The van der Waals surface area contributed by atoms with Crippen LogP contribution in [-0.4, -0.2) is 12.7 Å². The molecule has 38 heavy (non-hydrogen) atoms. The second kappa shape index (κ2) is 13.2. The molecule has 3 aromatic carbocycles. The normalized spacial score (nSPS) is 17.8. The number of rotatable bonds is 10. The quantitative estimate of drug-likeness (QED) is 0.146. The molecule has 2 unspecified atom stereocenters. The van der Waals surface area contributed by atoms with Crippen molar-refractivity contribution in [2.45, 2.75) is 77.2 Å². The van der Waals surface area contributed by atoms with Crippen LogP contribution in [0.3, 0.4) is 0 Å². The number of halogens is 4. The minimum absolute atomic E-state index is 0.0204. The van der Waals surface area contributed by atoms with E-state index in [2.05, 4.69) is 6.92 Å². The summed E-state index contributed by atoms with van der Waals surface area (Å²) in [6.45, 7) is 4.41. The Balaban J connectivity index is 1.48. The van der Waals surface area contributed by atoms with E-state index in [9.17, 15) is 8.78 Å². The summed E-state index contributed by atoms with van der Waals surface area (Å²) in [4.78, 5) is 0. The Labute approximate surface area is 223 Å². The fourth-order valence-corrected chi connectivity index (χ4v) is 5.24. The molecule has 1 aliphatic heterocycles. The lowest BCUT2D eigenvalue weighted by molar-refractivity contribution is 0.0317. The molecule has 1 aliphatic rings. The molecule has 5 heteroatoms. The molecule has 1 fully saturated rings. The highest BCUT2D eigenvalue weighted by Crippen LogP contribution is 2.35. The molecule has 0 aliphatic carbocycles. The summed E-state index contributed by atoms with van der Waals surface area (Å²) >= 11 is 0. The zero-order valence-corrected chi connectivity index (χ0v) is 22.2. The number of unbranched alkanes of at least 4 members (excludes halogenated alkanes) is 4. The molecule has 0 bridgehead atoms. The molecular weight excluding hydrogens is 488 g/mol. The predicted molar refractivity (Wildman–Crippen MR) is 146 cm³/mol. The maximum atomic E-state index is 15.1. The van der Waals surface area contributed by atoms with Gasteiger partial charge >= 0.3 is 0 Å². The lowest BCUT2D eigenvalue weighted by Crippen LogP contribution is -2.24. The smallest absolute Gasteiger partial charge is 0.166 e. The molecule has 3 aromatic rings. The van der Waals surface area contributed by atoms with E-state index < -0.39 is 23.3 Å². The van der Waals surface area contributed by atoms with Gasteiger partial charge < -0.3 is 4.74 Å². The summed E-state index contributed by atoms with van der Waals surface area (Å²) in [6.07, 6.45) is 11.1. The van der Waals surface area contributed by atoms with E-state index in [0.29, 0.717) is 35.3 Å². The van der Waals surface area contributed by atoms with E-state index in [1.807, 2.05) is 19.1 Å². The Hall–Kier alpha value is -2.92. The minimum Gasteiger partial charge on any atom is -0.374 e. The van der Waals surface area contributed by atoms with Gasteiger partial charge in [-0.25, -0.2) is 17.6 Å². The second-order valence-corrected chi connectivity index (χ2v) is 10.1. The number of aryl methyl sites for hydroxylation is 1. The number of allylic oxidation sites excluding steroid dienone is 1. The van der Waals surface area contributed by atoms with Crippen LogP contribution in [0.25, 0.3) is 22.3 Å². The van der Waals surface area contributed by atoms with Gasteiger partial charge in [0.15, 0.2) is 23.3 Å². The number of benzene rings is 3. The van der Waals surface area contributed by atoms with Crippen molar-refractivity contribution in [3.63, 3.8) is 0 Å². The maximum Gasteiger partial charge on any atom is 0.166 e. The van der Waals surface area contributed by atoms with Gasteiger partial charge in [0.2, 0.25) is 0 Å². The van der Waals surface area contributed by atoms with Gasteiger partial charge in [0.1, 0.15) is 0 Å². The molecule has 202 valence electrons. The average Bonchev–Trinajstić information content (AvgIpc) is 2.93. The summed E-state index contributed by atoms with van der Waals surface area (Å²) in [5.74, 6) is -3.65. The van der Waals surface area contributed by atoms with Gasteiger partial charge in [-0.3, -0.25) is 0 Å². The van der Waals surface area contributed by atoms with Gasteiger partial charge in [-0.1, -0.05) is 93.3 Å². The lowest BCUT2D eigenvalue weighted by atomic mass is 9.89. The Kier molecular flexibility index (Phi) is 9.79. The first-order valence-electron chi connectivity index (χ1n) is 13.7. The molecule has 2 atom stereocenters. The van der Waals surface area contributed by atoms with Gasteiger partial charge in [-0.05, 0) is 54.9 Å². The van der Waals surface area contributed by atoms with E-state index in [0.717, 1.165) is 44.9 Å². The molecule has 0 spiro atoms. The van der Waals surface area contributed by atoms with Crippen LogP contribution < -0.4 is 0 Å². The van der Waals surface area contributed by atoms with Crippen molar-refractivity contribution in [2.75, 3.05) is 6.61 Å².